The molecule has 0 saturated heterocycles. The van der Waals surface area contributed by atoms with Crippen molar-refractivity contribution in [1.82, 2.24) is 9.80 Å². The Morgan fingerprint density at radius 1 is 0.338 bits per heavy atom. The molecule has 0 aromatic carbocycles. The first-order valence-corrected chi connectivity index (χ1v) is 29.2. The third kappa shape index (κ3) is 43.6. The average Bonchev–Trinajstić information content (AvgIpc) is 3.31. The summed E-state index contributed by atoms with van der Waals surface area (Å²) in [6.07, 6.45) is 40.5. The van der Waals surface area contributed by atoms with Crippen molar-refractivity contribution in [2.75, 3.05) is 40.3 Å². The molecule has 402 valence electrons. The fraction of sp³-hybridized carbons (Fsp3) is 0.931. The number of rotatable bonds is 51. The summed E-state index contributed by atoms with van der Waals surface area (Å²) in [5.41, 5.74) is 0. The van der Waals surface area contributed by atoms with Gasteiger partial charge in [-0.15, -0.1) is 0 Å². The molecule has 10 nitrogen and oxygen atoms in total. The molecule has 0 N–H and O–H groups in total. The van der Waals surface area contributed by atoms with Gasteiger partial charge in [0.1, 0.15) is 18.3 Å². The third-order valence-electron chi connectivity index (χ3n) is 13.3. The Labute approximate surface area is 420 Å². The lowest BCUT2D eigenvalue weighted by Gasteiger charge is -2.26. The van der Waals surface area contributed by atoms with Crippen molar-refractivity contribution in [3.8, 4) is 0 Å². The lowest BCUT2D eigenvalue weighted by atomic mass is 10.0. The Balaban J connectivity index is 5.10. The van der Waals surface area contributed by atoms with Crippen LogP contribution in [0.5, 0.6) is 0 Å². The van der Waals surface area contributed by atoms with Crippen molar-refractivity contribution in [2.24, 2.45) is 0 Å². The van der Waals surface area contributed by atoms with Crippen LogP contribution in [-0.2, 0) is 33.3 Å². The molecule has 0 bridgehead atoms. The van der Waals surface area contributed by atoms with Crippen molar-refractivity contribution in [2.45, 2.75) is 310 Å². The molecule has 0 radical (unpaired) electrons. The van der Waals surface area contributed by atoms with Crippen molar-refractivity contribution < 1.29 is 38.1 Å². The Kier molecular flexibility index (Phi) is 47.9. The lowest BCUT2D eigenvalue weighted by Crippen LogP contribution is -2.37. The summed E-state index contributed by atoms with van der Waals surface area (Å²) in [5, 5.41) is 0. The monoisotopic (exact) mass is 965 g/mol. The second kappa shape index (κ2) is 49.6. The summed E-state index contributed by atoms with van der Waals surface area (Å²) in [6.45, 7) is 13.3. The van der Waals surface area contributed by atoms with Gasteiger partial charge in [-0.1, -0.05) is 163 Å². The van der Waals surface area contributed by atoms with Crippen LogP contribution >= 0.6 is 0 Å². The molecule has 1 amide bonds. The minimum absolute atomic E-state index is 0.0252. The number of carbonyl (C=O) groups excluding carboxylic acids is 4. The fourth-order valence-electron chi connectivity index (χ4n) is 8.96. The number of carbonyl (C=O) groups is 4. The van der Waals surface area contributed by atoms with Crippen molar-refractivity contribution in [3.05, 3.63) is 0 Å². The van der Waals surface area contributed by atoms with E-state index in [1.807, 2.05) is 21.0 Å². The quantitative estimate of drug-likeness (QED) is 0.0334. The van der Waals surface area contributed by atoms with Gasteiger partial charge in [-0.2, -0.15) is 0 Å². The van der Waals surface area contributed by atoms with E-state index in [4.69, 9.17) is 18.9 Å². The topological polar surface area (TPSA) is 112 Å². The molecule has 0 aliphatic heterocycles. The number of nitrogens with zero attached hydrogens (tertiary/aromatic N) is 2. The third-order valence-corrected chi connectivity index (χ3v) is 13.3. The number of unbranched alkanes of at least 4 members (excludes halogenated alkanes) is 22. The van der Waals surface area contributed by atoms with Gasteiger partial charge < -0.3 is 28.7 Å². The zero-order chi connectivity index (χ0) is 50.1. The average molecular weight is 966 g/mol. The second-order valence-corrected chi connectivity index (χ2v) is 20.4. The predicted molar refractivity (Wildman–Crippen MR) is 284 cm³/mol. The van der Waals surface area contributed by atoms with Gasteiger partial charge in [-0.25, -0.2) is 4.79 Å². The maximum absolute atomic E-state index is 13.7. The zero-order valence-corrected chi connectivity index (χ0v) is 46.0. The zero-order valence-electron chi connectivity index (χ0n) is 46.0. The molecule has 0 atom stereocenters. The number of amides is 1. The van der Waals surface area contributed by atoms with Crippen LogP contribution in [0.4, 0.5) is 4.79 Å². The van der Waals surface area contributed by atoms with Crippen molar-refractivity contribution >= 4 is 24.0 Å². The summed E-state index contributed by atoms with van der Waals surface area (Å²) < 4.78 is 23.6. The maximum Gasteiger partial charge on any atom is 0.410 e. The minimum atomic E-state index is -0.275. The van der Waals surface area contributed by atoms with Crippen LogP contribution in [0.1, 0.15) is 291 Å². The van der Waals surface area contributed by atoms with Gasteiger partial charge in [0.05, 0.1) is 6.61 Å². The molecule has 0 heterocycles. The number of ether oxygens (including phenoxy) is 4. The summed E-state index contributed by atoms with van der Waals surface area (Å²) in [6, 6.07) is 0. The maximum atomic E-state index is 13.7. The van der Waals surface area contributed by atoms with Crippen LogP contribution < -0.4 is 0 Å². The van der Waals surface area contributed by atoms with Crippen LogP contribution in [0, 0.1) is 0 Å². The van der Waals surface area contributed by atoms with Gasteiger partial charge in [0, 0.05) is 32.4 Å². The van der Waals surface area contributed by atoms with Crippen molar-refractivity contribution in [3.63, 3.8) is 0 Å². The SMILES string of the molecule is CCCCCCC(CCCCCC)OC(=O)CCCCCCCCC(CCCCCCCCC(=O)OC(CCCCCC)CCCCCC)OC(=O)N(CCCC(=O)OCCC)CCCN(C)C. The van der Waals surface area contributed by atoms with Gasteiger partial charge >= 0.3 is 24.0 Å². The van der Waals surface area contributed by atoms with E-state index in [-0.39, 0.29) is 42.3 Å². The first-order valence-electron chi connectivity index (χ1n) is 29.2. The van der Waals surface area contributed by atoms with E-state index in [0.29, 0.717) is 45.4 Å². The molecule has 0 saturated carbocycles. The molecule has 0 aromatic heterocycles. The first kappa shape index (κ1) is 65.6. The van der Waals surface area contributed by atoms with E-state index in [1.165, 1.54) is 77.0 Å². The molecule has 0 rings (SSSR count). The van der Waals surface area contributed by atoms with E-state index in [2.05, 4.69) is 32.6 Å². The molecule has 10 heteroatoms. The van der Waals surface area contributed by atoms with Crippen LogP contribution in [-0.4, -0.2) is 92.4 Å². The largest absolute Gasteiger partial charge is 0.466 e. The highest BCUT2D eigenvalue weighted by Gasteiger charge is 2.21. The standard InChI is InChI=1S/C58H112N2O8/c1-8-13-17-29-39-52(40-30-18-14-9-2)66-56(62)45-35-27-23-21-25-33-43-54(68-58(64)60(50-38-48-59(6)7)49-37-47-55(61)65-51-12-5)44-34-26-22-24-28-36-46-57(63)67-53(41-31-19-15-10-3)42-32-20-16-11-4/h52-54H,8-51H2,1-7H3. The Morgan fingerprint density at radius 3 is 1.03 bits per heavy atom. The normalized spacial score (nSPS) is 11.6. The Morgan fingerprint density at radius 2 is 0.662 bits per heavy atom. The van der Waals surface area contributed by atoms with Crippen LogP contribution in [0.3, 0.4) is 0 Å². The van der Waals surface area contributed by atoms with Gasteiger partial charge in [0.2, 0.25) is 0 Å². The highest BCUT2D eigenvalue weighted by molar-refractivity contribution is 5.70. The van der Waals surface area contributed by atoms with E-state index in [1.54, 1.807) is 4.90 Å². The highest BCUT2D eigenvalue weighted by Crippen LogP contribution is 2.21. The summed E-state index contributed by atoms with van der Waals surface area (Å²) in [5.74, 6) is -0.262. The van der Waals surface area contributed by atoms with E-state index >= 15 is 0 Å². The molecule has 0 aromatic rings. The Hall–Kier alpha value is -2.36. The van der Waals surface area contributed by atoms with Gasteiger partial charge in [-0.05, 0) is 130 Å². The highest BCUT2D eigenvalue weighted by atomic mass is 16.6. The molecular formula is C58H112N2O8. The molecular weight excluding hydrogens is 853 g/mol. The van der Waals surface area contributed by atoms with Gasteiger partial charge in [0.25, 0.3) is 0 Å². The second-order valence-electron chi connectivity index (χ2n) is 20.4. The van der Waals surface area contributed by atoms with Crippen LogP contribution in [0.2, 0.25) is 0 Å². The van der Waals surface area contributed by atoms with Crippen molar-refractivity contribution in [1.29, 1.82) is 0 Å². The molecule has 0 fully saturated rings. The molecule has 0 aliphatic rings. The summed E-state index contributed by atoms with van der Waals surface area (Å²) in [4.78, 5) is 55.5. The fourth-order valence-corrected chi connectivity index (χ4v) is 8.96. The number of hydrogen-bond donors (Lipinski definition) is 0. The Bertz CT molecular complexity index is 1070. The smallest absolute Gasteiger partial charge is 0.410 e. The minimum Gasteiger partial charge on any atom is -0.466 e. The first-order chi connectivity index (χ1) is 33.1. The lowest BCUT2D eigenvalue weighted by molar-refractivity contribution is -0.151. The van der Waals surface area contributed by atoms with E-state index < -0.39 is 0 Å². The van der Waals surface area contributed by atoms with Crippen LogP contribution in [0.15, 0.2) is 0 Å². The summed E-state index contributed by atoms with van der Waals surface area (Å²) in [7, 11) is 4.07. The predicted octanol–water partition coefficient (Wildman–Crippen LogP) is 16.4. The molecule has 0 spiro atoms. The number of hydrogen-bond acceptors (Lipinski definition) is 9. The van der Waals surface area contributed by atoms with Gasteiger partial charge in [-0.3, -0.25) is 14.4 Å². The van der Waals surface area contributed by atoms with Gasteiger partial charge in [0.15, 0.2) is 0 Å². The van der Waals surface area contributed by atoms with E-state index in [0.717, 1.165) is 161 Å². The molecule has 0 aliphatic carbocycles. The number of esters is 3. The van der Waals surface area contributed by atoms with E-state index in [9.17, 15) is 19.2 Å². The molecule has 0 unspecified atom stereocenters. The van der Waals surface area contributed by atoms with Crippen LogP contribution in [0.25, 0.3) is 0 Å². The summed E-state index contributed by atoms with van der Waals surface area (Å²) >= 11 is 0. The molecule has 68 heavy (non-hydrogen) atoms.